The van der Waals surface area contributed by atoms with Crippen LogP contribution in [0.4, 0.5) is 0 Å². The minimum Gasteiger partial charge on any atom is -0.496 e. The quantitative estimate of drug-likeness (QED) is 0.389. The molecule has 3 aromatic carbocycles. The van der Waals surface area contributed by atoms with E-state index in [1.165, 1.54) is 11.8 Å². The van der Waals surface area contributed by atoms with Crippen LogP contribution < -0.4 is 10.1 Å². The number of ether oxygens (including phenoxy) is 2. The van der Waals surface area contributed by atoms with Crippen molar-refractivity contribution in [3.8, 4) is 11.8 Å². The van der Waals surface area contributed by atoms with E-state index in [9.17, 15) is 9.59 Å². The number of rotatable bonds is 9. The molecule has 0 unspecified atom stereocenters. The first-order valence-corrected chi connectivity index (χ1v) is 10.9. The second kappa shape index (κ2) is 11.6. The molecule has 0 aliphatic heterocycles. The Balaban J connectivity index is 1.53. The van der Waals surface area contributed by atoms with Crippen molar-refractivity contribution < 1.29 is 19.1 Å². The van der Waals surface area contributed by atoms with Gasteiger partial charge in [0.2, 0.25) is 0 Å². The van der Waals surface area contributed by atoms with Gasteiger partial charge in [-0.25, -0.2) is 4.79 Å². The Morgan fingerprint density at radius 3 is 2.47 bits per heavy atom. The maximum absolute atomic E-state index is 12.6. The molecule has 162 valence electrons. The van der Waals surface area contributed by atoms with Crippen LogP contribution in [0.3, 0.4) is 0 Å². The SMILES string of the molecule is COc1ccccc1CNC(=O)COC(=O)c1ccccc1SCc1ccc(C#N)cc1. The number of methoxy groups -OCH3 is 1. The fourth-order valence-electron chi connectivity index (χ4n) is 2.90. The molecule has 0 aromatic heterocycles. The Labute approximate surface area is 191 Å². The summed E-state index contributed by atoms with van der Waals surface area (Å²) in [5.74, 6) is 0.362. The van der Waals surface area contributed by atoms with Crippen molar-refractivity contribution in [2.75, 3.05) is 13.7 Å². The van der Waals surface area contributed by atoms with Gasteiger partial charge in [0.1, 0.15) is 5.75 Å². The third kappa shape index (κ3) is 6.37. The molecule has 0 saturated heterocycles. The summed E-state index contributed by atoms with van der Waals surface area (Å²) in [5, 5.41) is 11.6. The fourth-order valence-corrected chi connectivity index (χ4v) is 3.90. The number of nitriles is 1. The van der Waals surface area contributed by atoms with Crippen LogP contribution in [0, 0.1) is 11.3 Å². The molecular formula is C25H22N2O4S. The average Bonchev–Trinajstić information content (AvgIpc) is 2.85. The third-order valence-electron chi connectivity index (χ3n) is 4.59. The molecule has 0 aliphatic rings. The largest absolute Gasteiger partial charge is 0.496 e. The highest BCUT2D eigenvalue weighted by molar-refractivity contribution is 7.98. The van der Waals surface area contributed by atoms with Crippen molar-refractivity contribution in [2.24, 2.45) is 0 Å². The number of esters is 1. The van der Waals surface area contributed by atoms with Crippen molar-refractivity contribution in [3.05, 3.63) is 95.1 Å². The van der Waals surface area contributed by atoms with E-state index in [4.69, 9.17) is 14.7 Å². The zero-order chi connectivity index (χ0) is 22.8. The summed E-state index contributed by atoms with van der Waals surface area (Å²) in [6.45, 7) is -0.0972. The minimum absolute atomic E-state index is 0.275. The van der Waals surface area contributed by atoms with Crippen molar-refractivity contribution in [1.82, 2.24) is 5.32 Å². The smallest absolute Gasteiger partial charge is 0.339 e. The Hall–Kier alpha value is -3.76. The summed E-state index contributed by atoms with van der Waals surface area (Å²) in [6.07, 6.45) is 0. The highest BCUT2D eigenvalue weighted by Gasteiger charge is 2.15. The molecule has 0 spiro atoms. The molecule has 3 aromatic rings. The van der Waals surface area contributed by atoms with Gasteiger partial charge in [-0.05, 0) is 35.9 Å². The van der Waals surface area contributed by atoms with Gasteiger partial charge < -0.3 is 14.8 Å². The number of nitrogens with zero attached hydrogens (tertiary/aromatic N) is 1. The van der Waals surface area contributed by atoms with Crippen molar-refractivity contribution in [2.45, 2.75) is 17.2 Å². The molecule has 0 heterocycles. The Morgan fingerprint density at radius 1 is 1.00 bits per heavy atom. The second-order valence-corrected chi connectivity index (χ2v) is 7.78. The van der Waals surface area contributed by atoms with Crippen LogP contribution in [-0.2, 0) is 21.8 Å². The molecule has 3 rings (SSSR count). The fraction of sp³-hybridized carbons (Fsp3) is 0.160. The average molecular weight is 447 g/mol. The molecule has 0 bridgehead atoms. The number of benzene rings is 3. The molecule has 0 aliphatic carbocycles. The summed E-state index contributed by atoms with van der Waals surface area (Å²) in [5.41, 5.74) is 2.88. The van der Waals surface area contributed by atoms with Crippen LogP contribution in [-0.4, -0.2) is 25.6 Å². The molecular weight excluding hydrogens is 424 g/mol. The summed E-state index contributed by atoms with van der Waals surface area (Å²) in [6, 6.07) is 23.9. The first-order valence-electron chi connectivity index (χ1n) is 9.87. The lowest BCUT2D eigenvalue weighted by atomic mass is 10.2. The number of amides is 1. The van der Waals surface area contributed by atoms with Gasteiger partial charge in [-0.2, -0.15) is 5.26 Å². The molecule has 0 saturated carbocycles. The normalized spacial score (nSPS) is 10.1. The Bertz CT molecular complexity index is 1120. The lowest BCUT2D eigenvalue weighted by Crippen LogP contribution is -2.28. The van der Waals surface area contributed by atoms with Gasteiger partial charge in [-0.3, -0.25) is 4.79 Å². The first-order chi connectivity index (χ1) is 15.6. The number of carbonyl (C=O) groups is 2. The number of para-hydroxylation sites is 1. The number of hydrogen-bond donors (Lipinski definition) is 1. The number of hydrogen-bond acceptors (Lipinski definition) is 6. The van der Waals surface area contributed by atoms with E-state index in [0.29, 0.717) is 22.6 Å². The Kier molecular flexibility index (Phi) is 8.29. The van der Waals surface area contributed by atoms with Crippen LogP contribution in [0.5, 0.6) is 5.75 Å². The first kappa shape index (κ1) is 22.9. The summed E-state index contributed by atoms with van der Waals surface area (Å²) in [7, 11) is 1.57. The molecule has 6 nitrogen and oxygen atoms in total. The molecule has 1 N–H and O–H groups in total. The van der Waals surface area contributed by atoms with E-state index in [-0.39, 0.29) is 13.2 Å². The van der Waals surface area contributed by atoms with Gasteiger partial charge >= 0.3 is 5.97 Å². The van der Waals surface area contributed by atoms with Crippen LogP contribution in [0.2, 0.25) is 0 Å². The highest BCUT2D eigenvalue weighted by Crippen LogP contribution is 2.27. The van der Waals surface area contributed by atoms with E-state index in [1.54, 1.807) is 31.4 Å². The predicted octanol–water partition coefficient (Wildman–Crippen LogP) is 4.33. The topological polar surface area (TPSA) is 88.4 Å². The van der Waals surface area contributed by atoms with Gasteiger partial charge in [0, 0.05) is 22.8 Å². The molecule has 7 heteroatoms. The summed E-state index contributed by atoms with van der Waals surface area (Å²) < 4.78 is 10.5. The van der Waals surface area contributed by atoms with Gasteiger partial charge in [0.25, 0.3) is 5.91 Å². The molecule has 1 amide bonds. The maximum Gasteiger partial charge on any atom is 0.339 e. The molecule has 0 fully saturated rings. The highest BCUT2D eigenvalue weighted by atomic mass is 32.2. The monoisotopic (exact) mass is 446 g/mol. The minimum atomic E-state index is -0.555. The second-order valence-electron chi connectivity index (χ2n) is 6.76. The van der Waals surface area contributed by atoms with Crippen LogP contribution in [0.15, 0.2) is 77.7 Å². The van der Waals surface area contributed by atoms with E-state index < -0.39 is 11.9 Å². The van der Waals surface area contributed by atoms with E-state index in [2.05, 4.69) is 11.4 Å². The molecule has 32 heavy (non-hydrogen) atoms. The third-order valence-corrected chi connectivity index (χ3v) is 5.73. The van der Waals surface area contributed by atoms with Crippen molar-refractivity contribution in [1.29, 1.82) is 5.26 Å². The number of thioether (sulfide) groups is 1. The van der Waals surface area contributed by atoms with E-state index >= 15 is 0 Å². The van der Waals surface area contributed by atoms with Crippen LogP contribution >= 0.6 is 11.8 Å². The van der Waals surface area contributed by atoms with Gasteiger partial charge in [0.05, 0.1) is 24.3 Å². The summed E-state index contributed by atoms with van der Waals surface area (Å²) in [4.78, 5) is 25.5. The van der Waals surface area contributed by atoms with Crippen molar-refractivity contribution >= 4 is 23.6 Å². The Morgan fingerprint density at radius 2 is 1.72 bits per heavy atom. The molecule has 0 atom stereocenters. The predicted molar refractivity (Wildman–Crippen MR) is 122 cm³/mol. The lowest BCUT2D eigenvalue weighted by Gasteiger charge is -2.11. The zero-order valence-electron chi connectivity index (χ0n) is 17.5. The van der Waals surface area contributed by atoms with E-state index in [1.807, 2.05) is 48.5 Å². The van der Waals surface area contributed by atoms with Crippen LogP contribution in [0.25, 0.3) is 0 Å². The van der Waals surface area contributed by atoms with Crippen molar-refractivity contribution in [3.63, 3.8) is 0 Å². The standard InChI is InChI=1S/C25H22N2O4S/c1-30-22-8-4-2-6-20(22)15-27-24(28)16-31-25(29)21-7-3-5-9-23(21)32-17-19-12-10-18(14-26)11-13-19/h2-13H,15-17H2,1H3,(H,27,28). The number of carbonyl (C=O) groups excluding carboxylic acids is 2. The zero-order valence-corrected chi connectivity index (χ0v) is 18.4. The summed E-state index contributed by atoms with van der Waals surface area (Å²) >= 11 is 1.49. The van der Waals surface area contributed by atoms with E-state index in [0.717, 1.165) is 16.0 Å². The van der Waals surface area contributed by atoms with Crippen LogP contribution in [0.1, 0.15) is 27.0 Å². The molecule has 0 radical (unpaired) electrons. The maximum atomic E-state index is 12.6. The van der Waals surface area contributed by atoms with Gasteiger partial charge in [-0.15, -0.1) is 11.8 Å². The van der Waals surface area contributed by atoms with Gasteiger partial charge in [-0.1, -0.05) is 42.5 Å². The number of nitrogens with one attached hydrogen (secondary N) is 1. The van der Waals surface area contributed by atoms with Gasteiger partial charge in [0.15, 0.2) is 6.61 Å². The lowest BCUT2D eigenvalue weighted by molar-refractivity contribution is -0.124.